The molecule has 0 saturated carbocycles. The van der Waals surface area contributed by atoms with Crippen molar-refractivity contribution >= 4 is 6.01 Å². The predicted octanol–water partition coefficient (Wildman–Crippen LogP) is 0.0175. The monoisotopic (exact) mass is 192 g/mol. The van der Waals surface area contributed by atoms with Crippen LogP contribution in [0.15, 0.2) is 27.5 Å². The third-order valence-corrected chi connectivity index (χ3v) is 1.79. The van der Waals surface area contributed by atoms with Gasteiger partial charge in [0.15, 0.2) is 0 Å². The van der Waals surface area contributed by atoms with Crippen LogP contribution in [0.4, 0.5) is 6.01 Å². The summed E-state index contributed by atoms with van der Waals surface area (Å²) >= 11 is 0. The molecule has 6 heteroatoms. The van der Waals surface area contributed by atoms with E-state index in [1.165, 1.54) is 10.6 Å². The quantitative estimate of drug-likeness (QED) is 0.688. The molecule has 0 aliphatic carbocycles. The molecule has 14 heavy (non-hydrogen) atoms. The summed E-state index contributed by atoms with van der Waals surface area (Å²) in [7, 11) is 1.66. The number of nitrogen functional groups attached to an aromatic ring is 1. The van der Waals surface area contributed by atoms with Crippen LogP contribution >= 0.6 is 0 Å². The Hall–Kier alpha value is -2.11. The average Bonchev–Trinajstić information content (AvgIpc) is 2.57. The summed E-state index contributed by atoms with van der Waals surface area (Å²) in [6.45, 7) is 0. The molecule has 0 saturated heterocycles. The molecule has 2 aromatic heterocycles. The smallest absolute Gasteiger partial charge is 0.313 e. The van der Waals surface area contributed by atoms with Crippen LogP contribution in [0, 0.1) is 0 Å². The van der Waals surface area contributed by atoms with E-state index in [1.807, 2.05) is 0 Å². The van der Waals surface area contributed by atoms with Gasteiger partial charge >= 0.3 is 6.01 Å². The molecule has 0 aromatic carbocycles. The molecular formula is C8H8N4O2. The van der Waals surface area contributed by atoms with Gasteiger partial charge in [0, 0.05) is 24.9 Å². The second-order valence-electron chi connectivity index (χ2n) is 2.81. The number of nitrogens with two attached hydrogens (primary N) is 1. The third kappa shape index (κ3) is 1.37. The Morgan fingerprint density at radius 2 is 2.29 bits per heavy atom. The molecule has 0 bridgehead atoms. The molecule has 0 spiro atoms. The standard InChI is InChI=1S/C8H8N4O2/c1-12-3-2-5(4-6(12)13)7-10-11-8(9)14-7/h2-4H,1H3,(H2,9,11). The molecule has 0 radical (unpaired) electrons. The number of rotatable bonds is 1. The minimum atomic E-state index is -0.140. The second kappa shape index (κ2) is 2.99. The molecule has 2 N–H and O–H groups in total. The summed E-state index contributed by atoms with van der Waals surface area (Å²) in [6, 6.07) is 3.10. The fourth-order valence-corrected chi connectivity index (χ4v) is 1.03. The summed E-state index contributed by atoms with van der Waals surface area (Å²) < 4.78 is 6.42. The van der Waals surface area contributed by atoms with E-state index in [-0.39, 0.29) is 17.5 Å². The van der Waals surface area contributed by atoms with Crippen molar-refractivity contribution in [3.05, 3.63) is 28.7 Å². The maximum atomic E-state index is 11.3. The third-order valence-electron chi connectivity index (χ3n) is 1.79. The fraction of sp³-hybridized carbons (Fsp3) is 0.125. The Bertz CT molecular complexity index is 514. The first-order chi connectivity index (χ1) is 6.66. The van der Waals surface area contributed by atoms with Gasteiger partial charge in [-0.15, -0.1) is 5.10 Å². The highest BCUT2D eigenvalue weighted by Gasteiger charge is 2.06. The van der Waals surface area contributed by atoms with Crippen LogP contribution in [0.5, 0.6) is 0 Å². The molecular weight excluding hydrogens is 184 g/mol. The van der Waals surface area contributed by atoms with Crippen LogP contribution in [0.3, 0.4) is 0 Å². The summed E-state index contributed by atoms with van der Waals surface area (Å²) in [4.78, 5) is 11.3. The number of nitrogens with zero attached hydrogens (tertiary/aromatic N) is 3. The first-order valence-electron chi connectivity index (χ1n) is 3.93. The molecule has 0 atom stereocenters. The van der Waals surface area contributed by atoms with E-state index in [4.69, 9.17) is 10.2 Å². The lowest BCUT2D eigenvalue weighted by molar-refractivity contribution is 0.589. The van der Waals surface area contributed by atoms with Crippen LogP contribution in [0.25, 0.3) is 11.5 Å². The number of pyridine rings is 1. The van der Waals surface area contributed by atoms with Crippen molar-refractivity contribution in [3.63, 3.8) is 0 Å². The normalized spacial score (nSPS) is 10.4. The molecule has 0 aliphatic rings. The summed E-state index contributed by atoms with van der Waals surface area (Å²) in [5, 5.41) is 7.16. The highest BCUT2D eigenvalue weighted by Crippen LogP contribution is 2.15. The van der Waals surface area contributed by atoms with Crippen LogP contribution in [0.1, 0.15) is 0 Å². The highest BCUT2D eigenvalue weighted by molar-refractivity contribution is 5.51. The molecule has 6 nitrogen and oxygen atoms in total. The topological polar surface area (TPSA) is 86.9 Å². The maximum absolute atomic E-state index is 11.3. The van der Waals surface area contributed by atoms with Crippen molar-refractivity contribution in [1.29, 1.82) is 0 Å². The highest BCUT2D eigenvalue weighted by atomic mass is 16.4. The molecule has 2 heterocycles. The first kappa shape index (κ1) is 8.49. The van der Waals surface area contributed by atoms with Crippen LogP contribution in [0.2, 0.25) is 0 Å². The van der Waals surface area contributed by atoms with Crippen molar-refractivity contribution in [2.75, 3.05) is 5.73 Å². The van der Waals surface area contributed by atoms with E-state index in [1.54, 1.807) is 19.3 Å². The lowest BCUT2D eigenvalue weighted by atomic mass is 10.3. The van der Waals surface area contributed by atoms with Gasteiger partial charge in [0.2, 0.25) is 5.89 Å². The Labute approximate surface area is 79.0 Å². The van der Waals surface area contributed by atoms with Crippen molar-refractivity contribution in [3.8, 4) is 11.5 Å². The summed E-state index contributed by atoms with van der Waals surface area (Å²) in [5.41, 5.74) is 5.69. The van der Waals surface area contributed by atoms with E-state index in [0.29, 0.717) is 5.56 Å². The molecule has 72 valence electrons. The molecule has 0 amide bonds. The van der Waals surface area contributed by atoms with Crippen molar-refractivity contribution < 1.29 is 4.42 Å². The minimum Gasteiger partial charge on any atom is -0.404 e. The number of hydrogen-bond acceptors (Lipinski definition) is 5. The van der Waals surface area contributed by atoms with Gasteiger partial charge in [-0.25, -0.2) is 0 Å². The Morgan fingerprint density at radius 3 is 2.86 bits per heavy atom. The van der Waals surface area contributed by atoms with Crippen LogP contribution in [-0.2, 0) is 7.05 Å². The van der Waals surface area contributed by atoms with Crippen molar-refractivity contribution in [1.82, 2.24) is 14.8 Å². The molecule has 2 rings (SSSR count). The van der Waals surface area contributed by atoms with Crippen LogP contribution < -0.4 is 11.3 Å². The van der Waals surface area contributed by atoms with Gasteiger partial charge < -0.3 is 14.7 Å². The average molecular weight is 192 g/mol. The lowest BCUT2D eigenvalue weighted by Gasteiger charge is -1.96. The Balaban J connectivity index is 2.53. The van der Waals surface area contributed by atoms with Gasteiger partial charge in [-0.05, 0) is 6.07 Å². The number of anilines is 1. The van der Waals surface area contributed by atoms with Crippen molar-refractivity contribution in [2.45, 2.75) is 0 Å². The van der Waals surface area contributed by atoms with E-state index in [2.05, 4.69) is 10.2 Å². The SMILES string of the molecule is Cn1ccc(-c2nnc(N)o2)cc1=O. The van der Waals surface area contributed by atoms with Gasteiger partial charge in [0.25, 0.3) is 5.56 Å². The van der Waals surface area contributed by atoms with E-state index in [9.17, 15) is 4.79 Å². The second-order valence-corrected chi connectivity index (χ2v) is 2.81. The summed E-state index contributed by atoms with van der Waals surface area (Å²) in [5.74, 6) is 0.250. The Kier molecular flexibility index (Phi) is 1.81. The molecule has 2 aromatic rings. The zero-order chi connectivity index (χ0) is 10.1. The number of aromatic nitrogens is 3. The van der Waals surface area contributed by atoms with Gasteiger partial charge in [-0.3, -0.25) is 4.79 Å². The van der Waals surface area contributed by atoms with Gasteiger partial charge in [-0.2, -0.15) is 0 Å². The fourth-order valence-electron chi connectivity index (χ4n) is 1.03. The summed E-state index contributed by atoms with van der Waals surface area (Å²) in [6.07, 6.45) is 1.62. The van der Waals surface area contributed by atoms with Gasteiger partial charge in [0.1, 0.15) is 0 Å². The maximum Gasteiger partial charge on any atom is 0.313 e. The molecule has 0 unspecified atom stereocenters. The van der Waals surface area contributed by atoms with E-state index < -0.39 is 0 Å². The van der Waals surface area contributed by atoms with Crippen LogP contribution in [-0.4, -0.2) is 14.8 Å². The minimum absolute atomic E-state index is 0.0133. The Morgan fingerprint density at radius 1 is 1.50 bits per heavy atom. The van der Waals surface area contributed by atoms with Crippen molar-refractivity contribution in [2.24, 2.45) is 7.05 Å². The van der Waals surface area contributed by atoms with E-state index >= 15 is 0 Å². The number of hydrogen-bond donors (Lipinski definition) is 1. The molecule has 0 aliphatic heterocycles. The first-order valence-corrected chi connectivity index (χ1v) is 3.93. The van der Waals surface area contributed by atoms with Gasteiger partial charge in [-0.1, -0.05) is 5.10 Å². The zero-order valence-electron chi connectivity index (χ0n) is 7.47. The van der Waals surface area contributed by atoms with E-state index in [0.717, 1.165) is 0 Å². The predicted molar refractivity (Wildman–Crippen MR) is 49.4 cm³/mol. The zero-order valence-corrected chi connectivity index (χ0v) is 7.47. The largest absolute Gasteiger partial charge is 0.404 e. The van der Waals surface area contributed by atoms with Gasteiger partial charge in [0.05, 0.1) is 0 Å². The number of aryl methyl sites for hydroxylation is 1. The molecule has 0 fully saturated rings. The lowest BCUT2D eigenvalue weighted by Crippen LogP contribution is -2.14.